The second-order valence-electron chi connectivity index (χ2n) is 4.90. The highest BCUT2D eigenvalue weighted by atomic mass is 79.9. The molecule has 0 saturated heterocycles. The molecule has 2 aromatic rings. The van der Waals surface area contributed by atoms with Gasteiger partial charge in [-0.3, -0.25) is 4.98 Å². The van der Waals surface area contributed by atoms with Crippen molar-refractivity contribution in [1.82, 2.24) is 10.3 Å². The molecule has 0 aliphatic heterocycles. The van der Waals surface area contributed by atoms with E-state index in [-0.39, 0.29) is 6.04 Å². The largest absolute Gasteiger partial charge is 0.310 e. The van der Waals surface area contributed by atoms with Crippen LogP contribution in [-0.2, 0) is 6.42 Å². The number of hydrogen-bond acceptors (Lipinski definition) is 2. The molecule has 1 heterocycles. The maximum atomic E-state index is 13.4. The van der Waals surface area contributed by atoms with Crippen LogP contribution in [0.25, 0.3) is 0 Å². The second-order valence-corrected chi connectivity index (χ2v) is 5.81. The van der Waals surface area contributed by atoms with Crippen LogP contribution in [0.1, 0.15) is 30.5 Å². The van der Waals surface area contributed by atoms with Crippen LogP contribution in [0.3, 0.4) is 0 Å². The summed E-state index contributed by atoms with van der Waals surface area (Å²) in [6.07, 6.45) is 5.13. The molecule has 0 amide bonds. The smallest absolute Gasteiger partial charge is 0.159 e. The molecular formula is C16H17BrF2N2. The van der Waals surface area contributed by atoms with Crippen molar-refractivity contribution in [2.75, 3.05) is 6.54 Å². The quantitative estimate of drug-likeness (QED) is 0.831. The van der Waals surface area contributed by atoms with Crippen molar-refractivity contribution in [3.63, 3.8) is 0 Å². The van der Waals surface area contributed by atoms with Gasteiger partial charge in [-0.05, 0) is 64.6 Å². The summed E-state index contributed by atoms with van der Waals surface area (Å²) in [5.41, 5.74) is 1.77. The summed E-state index contributed by atoms with van der Waals surface area (Å²) in [6, 6.07) is 5.96. The average Bonchev–Trinajstić information content (AvgIpc) is 2.46. The Morgan fingerprint density at radius 1 is 1.19 bits per heavy atom. The molecule has 2 rings (SSSR count). The summed E-state index contributed by atoms with van der Waals surface area (Å²) in [5, 5.41) is 3.37. The van der Waals surface area contributed by atoms with Crippen LogP contribution in [0.15, 0.2) is 41.1 Å². The molecule has 1 unspecified atom stereocenters. The predicted molar refractivity (Wildman–Crippen MR) is 83.0 cm³/mol. The summed E-state index contributed by atoms with van der Waals surface area (Å²) in [6.45, 7) is 2.88. The van der Waals surface area contributed by atoms with E-state index in [1.54, 1.807) is 18.5 Å². The molecule has 2 nitrogen and oxygen atoms in total. The Balaban J connectivity index is 2.22. The minimum atomic E-state index is -0.822. The SMILES string of the molecule is CCCNC(Cc1cncc(Br)c1)c1ccc(F)c(F)c1. The molecule has 5 heteroatoms. The van der Waals surface area contributed by atoms with Crippen molar-refractivity contribution in [3.05, 3.63) is 63.9 Å². The summed E-state index contributed by atoms with van der Waals surface area (Å²) < 4.78 is 27.4. The molecule has 0 aliphatic rings. The summed E-state index contributed by atoms with van der Waals surface area (Å²) >= 11 is 3.39. The van der Waals surface area contributed by atoms with E-state index in [1.807, 2.05) is 6.07 Å². The molecule has 1 N–H and O–H groups in total. The van der Waals surface area contributed by atoms with E-state index in [1.165, 1.54) is 12.1 Å². The summed E-state index contributed by atoms with van der Waals surface area (Å²) in [7, 11) is 0. The van der Waals surface area contributed by atoms with E-state index in [4.69, 9.17) is 0 Å². The highest BCUT2D eigenvalue weighted by Crippen LogP contribution is 2.22. The Bertz CT molecular complexity index is 605. The fraction of sp³-hybridized carbons (Fsp3) is 0.312. The lowest BCUT2D eigenvalue weighted by Gasteiger charge is -2.19. The Kier molecular flexibility index (Phi) is 5.82. The Morgan fingerprint density at radius 3 is 2.67 bits per heavy atom. The van der Waals surface area contributed by atoms with Gasteiger partial charge in [0.2, 0.25) is 0 Å². The monoisotopic (exact) mass is 354 g/mol. The van der Waals surface area contributed by atoms with Crippen LogP contribution in [0.2, 0.25) is 0 Å². The molecule has 21 heavy (non-hydrogen) atoms. The normalized spacial score (nSPS) is 12.4. The van der Waals surface area contributed by atoms with E-state index >= 15 is 0 Å². The zero-order valence-corrected chi connectivity index (χ0v) is 13.3. The first-order chi connectivity index (χ1) is 10.1. The van der Waals surface area contributed by atoms with Gasteiger partial charge < -0.3 is 5.32 Å². The molecule has 0 bridgehead atoms. The lowest BCUT2D eigenvalue weighted by atomic mass is 9.99. The minimum Gasteiger partial charge on any atom is -0.310 e. The zero-order chi connectivity index (χ0) is 15.2. The minimum absolute atomic E-state index is 0.0730. The number of nitrogens with one attached hydrogen (secondary N) is 1. The molecule has 0 fully saturated rings. The number of aromatic nitrogens is 1. The van der Waals surface area contributed by atoms with E-state index in [0.29, 0.717) is 6.42 Å². The van der Waals surface area contributed by atoms with E-state index in [9.17, 15) is 8.78 Å². The molecule has 0 spiro atoms. The third kappa shape index (κ3) is 4.58. The number of benzene rings is 1. The fourth-order valence-corrected chi connectivity index (χ4v) is 2.57. The average molecular weight is 355 g/mol. The van der Waals surface area contributed by atoms with Gasteiger partial charge >= 0.3 is 0 Å². The van der Waals surface area contributed by atoms with Crippen molar-refractivity contribution in [1.29, 1.82) is 0 Å². The summed E-state index contributed by atoms with van der Waals surface area (Å²) in [4.78, 5) is 4.13. The van der Waals surface area contributed by atoms with E-state index in [2.05, 4.69) is 33.2 Å². The third-order valence-corrected chi connectivity index (χ3v) is 3.62. The van der Waals surface area contributed by atoms with Crippen LogP contribution in [0.4, 0.5) is 8.78 Å². The van der Waals surface area contributed by atoms with E-state index in [0.717, 1.165) is 28.6 Å². The lowest BCUT2D eigenvalue weighted by Crippen LogP contribution is -2.24. The van der Waals surface area contributed by atoms with E-state index < -0.39 is 11.6 Å². The fourth-order valence-electron chi connectivity index (χ4n) is 2.16. The van der Waals surface area contributed by atoms with Gasteiger partial charge in [-0.2, -0.15) is 0 Å². The maximum Gasteiger partial charge on any atom is 0.159 e. The van der Waals surface area contributed by atoms with Crippen LogP contribution in [0.5, 0.6) is 0 Å². The van der Waals surface area contributed by atoms with Gasteiger partial charge in [-0.15, -0.1) is 0 Å². The molecule has 0 saturated carbocycles. The van der Waals surface area contributed by atoms with Crippen molar-refractivity contribution >= 4 is 15.9 Å². The van der Waals surface area contributed by atoms with Gasteiger partial charge in [0, 0.05) is 22.9 Å². The standard InChI is InChI=1S/C16H17BrF2N2/c1-2-5-21-16(7-11-6-13(17)10-20-9-11)12-3-4-14(18)15(19)8-12/h3-4,6,8-10,16,21H,2,5,7H2,1H3. The Hall–Kier alpha value is -1.33. The molecule has 1 aromatic carbocycles. The number of pyridine rings is 1. The highest BCUT2D eigenvalue weighted by molar-refractivity contribution is 9.10. The predicted octanol–water partition coefficient (Wildman–Crippen LogP) is 4.41. The van der Waals surface area contributed by atoms with Gasteiger partial charge in [-0.25, -0.2) is 8.78 Å². The zero-order valence-electron chi connectivity index (χ0n) is 11.7. The van der Waals surface area contributed by atoms with Gasteiger partial charge in [0.15, 0.2) is 11.6 Å². The number of hydrogen-bond donors (Lipinski definition) is 1. The third-order valence-electron chi connectivity index (χ3n) is 3.19. The first-order valence-corrected chi connectivity index (χ1v) is 7.67. The Labute approximate surface area is 131 Å². The number of nitrogens with zero attached hydrogens (tertiary/aromatic N) is 1. The van der Waals surface area contributed by atoms with Gasteiger partial charge in [0.25, 0.3) is 0 Å². The van der Waals surface area contributed by atoms with Gasteiger partial charge in [-0.1, -0.05) is 13.0 Å². The molecule has 1 aromatic heterocycles. The maximum absolute atomic E-state index is 13.4. The van der Waals surface area contributed by atoms with Crippen molar-refractivity contribution in [2.24, 2.45) is 0 Å². The molecule has 112 valence electrons. The molecule has 0 radical (unpaired) electrons. The highest BCUT2D eigenvalue weighted by Gasteiger charge is 2.14. The number of rotatable bonds is 6. The van der Waals surface area contributed by atoms with Crippen LogP contribution >= 0.6 is 15.9 Å². The van der Waals surface area contributed by atoms with Gasteiger partial charge in [0.05, 0.1) is 0 Å². The first-order valence-electron chi connectivity index (χ1n) is 6.88. The van der Waals surface area contributed by atoms with Crippen LogP contribution < -0.4 is 5.32 Å². The van der Waals surface area contributed by atoms with Crippen molar-refractivity contribution in [2.45, 2.75) is 25.8 Å². The summed E-state index contributed by atoms with van der Waals surface area (Å²) in [5.74, 6) is -1.64. The van der Waals surface area contributed by atoms with Gasteiger partial charge in [0.1, 0.15) is 0 Å². The molecular weight excluding hydrogens is 338 g/mol. The first kappa shape index (κ1) is 16.0. The van der Waals surface area contributed by atoms with Crippen LogP contribution in [0, 0.1) is 11.6 Å². The topological polar surface area (TPSA) is 24.9 Å². The lowest BCUT2D eigenvalue weighted by molar-refractivity contribution is 0.493. The van der Waals surface area contributed by atoms with Crippen LogP contribution in [-0.4, -0.2) is 11.5 Å². The Morgan fingerprint density at radius 2 is 2.00 bits per heavy atom. The molecule has 0 aliphatic carbocycles. The van der Waals surface area contributed by atoms with Crippen molar-refractivity contribution < 1.29 is 8.78 Å². The molecule has 1 atom stereocenters. The number of halogens is 3. The van der Waals surface area contributed by atoms with Crippen molar-refractivity contribution in [3.8, 4) is 0 Å². The second kappa shape index (κ2) is 7.61.